The van der Waals surface area contributed by atoms with Crippen LogP contribution in [0.15, 0.2) is 11.4 Å². The minimum Gasteiger partial charge on any atom is -0.121 e. The molecule has 2 rings (SSSR count). The summed E-state index contributed by atoms with van der Waals surface area (Å²) in [4.78, 5) is 0. The third kappa shape index (κ3) is 1.64. The molecule has 1 aliphatic rings. The van der Waals surface area contributed by atoms with E-state index in [1.807, 2.05) is 6.07 Å². The predicted molar refractivity (Wildman–Crippen MR) is 51.6 cm³/mol. The lowest BCUT2D eigenvalue weighted by atomic mass is 9.96. The van der Waals surface area contributed by atoms with Crippen LogP contribution >= 0.6 is 23.1 Å². The van der Waals surface area contributed by atoms with Gasteiger partial charge in [0.1, 0.15) is 11.5 Å². The van der Waals surface area contributed by atoms with Gasteiger partial charge in [-0.25, -0.2) is 0 Å². The number of nitrogens with zero attached hydrogens (tertiary/aromatic N) is 1. The summed E-state index contributed by atoms with van der Waals surface area (Å²) in [7, 11) is 0. The second-order valence-electron chi connectivity index (χ2n) is 3.35. The van der Waals surface area contributed by atoms with Crippen molar-refractivity contribution in [3.8, 4) is 0 Å². The molecule has 1 nitrogen and oxygen atoms in total. The zero-order valence-corrected chi connectivity index (χ0v) is 8.57. The first-order valence-electron chi connectivity index (χ1n) is 4.53. The molecule has 1 heterocycles. The maximum atomic E-state index is 6.05. The Morgan fingerprint density at radius 1 is 1.33 bits per heavy atom. The highest BCUT2D eigenvalue weighted by atomic mass is 35.5. The van der Waals surface area contributed by atoms with Gasteiger partial charge in [-0.05, 0) is 24.4 Å². The second kappa shape index (κ2) is 3.75. The van der Waals surface area contributed by atoms with Crippen molar-refractivity contribution >= 4 is 23.1 Å². The molecule has 3 heteroatoms. The molecule has 1 aromatic rings. The van der Waals surface area contributed by atoms with Gasteiger partial charge in [-0.3, -0.25) is 0 Å². The van der Waals surface area contributed by atoms with Crippen LogP contribution < -0.4 is 3.96 Å². The van der Waals surface area contributed by atoms with Gasteiger partial charge in [0.2, 0.25) is 0 Å². The van der Waals surface area contributed by atoms with Gasteiger partial charge in [-0.2, -0.15) is 0 Å². The topological polar surface area (TPSA) is 3.88 Å². The molecule has 0 amide bonds. The summed E-state index contributed by atoms with van der Waals surface area (Å²) < 4.78 is 2.25. The van der Waals surface area contributed by atoms with Crippen molar-refractivity contribution in [1.29, 1.82) is 0 Å². The number of aromatic nitrogens is 1. The zero-order chi connectivity index (χ0) is 8.39. The van der Waals surface area contributed by atoms with E-state index in [0.717, 1.165) is 5.15 Å². The Hall–Kier alpha value is -0.0800. The van der Waals surface area contributed by atoms with E-state index in [1.54, 1.807) is 11.5 Å². The van der Waals surface area contributed by atoms with Gasteiger partial charge in [-0.15, -0.1) is 3.96 Å². The van der Waals surface area contributed by atoms with Gasteiger partial charge >= 0.3 is 0 Å². The maximum absolute atomic E-state index is 6.05. The monoisotopic (exact) mass is 202 g/mol. The van der Waals surface area contributed by atoms with Crippen molar-refractivity contribution in [2.45, 2.75) is 38.1 Å². The molecule has 0 aliphatic heterocycles. The fraction of sp³-hybridized carbons (Fsp3) is 0.667. The summed E-state index contributed by atoms with van der Waals surface area (Å²) in [5.74, 6) is 0. The molecule has 1 aromatic heterocycles. The Labute approximate surface area is 82.1 Å². The van der Waals surface area contributed by atoms with Crippen LogP contribution in [0.25, 0.3) is 0 Å². The zero-order valence-electron chi connectivity index (χ0n) is 7.00. The lowest BCUT2D eigenvalue weighted by Crippen LogP contribution is -2.37. The van der Waals surface area contributed by atoms with Crippen molar-refractivity contribution in [1.82, 2.24) is 0 Å². The molecule has 12 heavy (non-hydrogen) atoms. The van der Waals surface area contributed by atoms with Crippen LogP contribution in [0.1, 0.15) is 38.1 Å². The molecule has 0 atom stereocenters. The SMILES string of the molecule is Clc1ccs[n+]1C1CCCCC1. The van der Waals surface area contributed by atoms with E-state index in [4.69, 9.17) is 11.6 Å². The van der Waals surface area contributed by atoms with Crippen molar-refractivity contribution in [3.05, 3.63) is 16.6 Å². The van der Waals surface area contributed by atoms with Gasteiger partial charge in [0.05, 0.1) is 5.38 Å². The van der Waals surface area contributed by atoms with E-state index in [2.05, 4.69) is 9.34 Å². The lowest BCUT2D eigenvalue weighted by molar-refractivity contribution is -0.659. The van der Waals surface area contributed by atoms with Crippen molar-refractivity contribution in [2.24, 2.45) is 0 Å². The van der Waals surface area contributed by atoms with E-state index in [1.165, 1.54) is 32.1 Å². The van der Waals surface area contributed by atoms with E-state index < -0.39 is 0 Å². The highest BCUT2D eigenvalue weighted by Gasteiger charge is 2.25. The standard InChI is InChI=1S/C9H13ClNS/c10-9-6-7-12-11(9)8-4-2-1-3-5-8/h6-8H,1-5H2/q+1. The number of hydrogen-bond acceptors (Lipinski definition) is 1. The van der Waals surface area contributed by atoms with Crippen LogP contribution in [-0.4, -0.2) is 0 Å². The number of rotatable bonds is 1. The maximum Gasteiger partial charge on any atom is 0.289 e. The van der Waals surface area contributed by atoms with Crippen LogP contribution in [0.4, 0.5) is 0 Å². The largest absolute Gasteiger partial charge is 0.289 e. The summed E-state index contributed by atoms with van der Waals surface area (Å²) in [6.07, 6.45) is 6.76. The first-order chi connectivity index (χ1) is 5.88. The van der Waals surface area contributed by atoms with Gasteiger partial charge in [-0.1, -0.05) is 6.42 Å². The number of halogens is 1. The van der Waals surface area contributed by atoms with Crippen LogP contribution in [0.2, 0.25) is 5.15 Å². The van der Waals surface area contributed by atoms with Gasteiger partial charge < -0.3 is 0 Å². The van der Waals surface area contributed by atoms with E-state index >= 15 is 0 Å². The molecular weight excluding hydrogens is 190 g/mol. The van der Waals surface area contributed by atoms with Gasteiger partial charge in [0.25, 0.3) is 5.15 Å². The average Bonchev–Trinajstić information content (AvgIpc) is 2.53. The summed E-state index contributed by atoms with van der Waals surface area (Å²) in [5.41, 5.74) is 0. The molecule has 0 N–H and O–H groups in total. The quantitative estimate of drug-likeness (QED) is 0.616. The van der Waals surface area contributed by atoms with Crippen molar-refractivity contribution < 1.29 is 3.96 Å². The summed E-state index contributed by atoms with van der Waals surface area (Å²) in [6.45, 7) is 0. The van der Waals surface area contributed by atoms with E-state index in [-0.39, 0.29) is 0 Å². The molecule has 0 unspecified atom stereocenters. The molecule has 1 aliphatic carbocycles. The highest BCUT2D eigenvalue weighted by molar-refractivity contribution is 6.99. The van der Waals surface area contributed by atoms with Crippen molar-refractivity contribution in [2.75, 3.05) is 0 Å². The van der Waals surface area contributed by atoms with Crippen LogP contribution in [0.3, 0.4) is 0 Å². The number of hydrogen-bond donors (Lipinski definition) is 0. The Balaban J connectivity index is 2.13. The molecule has 0 bridgehead atoms. The fourth-order valence-electron chi connectivity index (χ4n) is 1.85. The van der Waals surface area contributed by atoms with Crippen molar-refractivity contribution in [3.63, 3.8) is 0 Å². The summed E-state index contributed by atoms with van der Waals surface area (Å²) in [5, 5.41) is 2.98. The first kappa shape index (κ1) is 8.52. The van der Waals surface area contributed by atoms with Crippen LogP contribution in [0, 0.1) is 0 Å². The minimum absolute atomic E-state index is 0.686. The Kier molecular flexibility index (Phi) is 2.66. The molecule has 1 fully saturated rings. The fourth-order valence-corrected chi connectivity index (χ4v) is 3.11. The van der Waals surface area contributed by atoms with Gasteiger partial charge in [0, 0.05) is 18.9 Å². The highest BCUT2D eigenvalue weighted by Crippen LogP contribution is 2.25. The summed E-state index contributed by atoms with van der Waals surface area (Å²) in [6, 6.07) is 2.67. The van der Waals surface area contributed by atoms with Crippen LogP contribution in [-0.2, 0) is 0 Å². The van der Waals surface area contributed by atoms with Gasteiger partial charge in [0.15, 0.2) is 6.04 Å². The third-order valence-electron chi connectivity index (χ3n) is 2.50. The molecule has 0 aromatic carbocycles. The van der Waals surface area contributed by atoms with E-state index in [9.17, 15) is 0 Å². The Morgan fingerprint density at radius 2 is 2.08 bits per heavy atom. The predicted octanol–water partition coefficient (Wildman–Crippen LogP) is 3.19. The van der Waals surface area contributed by atoms with Crippen LogP contribution in [0.5, 0.6) is 0 Å². The Morgan fingerprint density at radius 3 is 2.67 bits per heavy atom. The summed E-state index contributed by atoms with van der Waals surface area (Å²) >= 11 is 7.79. The molecule has 0 saturated heterocycles. The average molecular weight is 203 g/mol. The first-order valence-corrected chi connectivity index (χ1v) is 5.74. The second-order valence-corrected chi connectivity index (χ2v) is 4.61. The molecular formula is C9H13ClNS+. The van der Waals surface area contributed by atoms with E-state index in [0.29, 0.717) is 6.04 Å². The normalized spacial score (nSPS) is 19.8. The smallest absolute Gasteiger partial charge is 0.121 e. The minimum atomic E-state index is 0.686. The Bertz CT molecular complexity index is 253. The molecule has 66 valence electrons. The third-order valence-corrected chi connectivity index (χ3v) is 3.88. The molecule has 0 spiro atoms. The molecule has 1 saturated carbocycles. The lowest BCUT2D eigenvalue weighted by Gasteiger charge is -2.14. The molecule has 0 radical (unpaired) electrons.